The molecule has 5 heteroatoms. The monoisotopic (exact) mass is 307 g/mol. The second-order valence-electron chi connectivity index (χ2n) is 4.95. The van der Waals surface area contributed by atoms with Crippen molar-refractivity contribution in [3.63, 3.8) is 0 Å². The molecule has 0 saturated heterocycles. The summed E-state index contributed by atoms with van der Waals surface area (Å²) in [6.45, 7) is 3.86. The molecular weight excluding hydrogens is 293 g/mol. The van der Waals surface area contributed by atoms with Crippen molar-refractivity contribution in [2.45, 2.75) is 26.3 Å². The Kier molecular flexibility index (Phi) is 3.92. The molecular formula is C15H15Cl2N3. The number of rotatable bonds is 2. The number of aromatic nitrogens is 2. The van der Waals surface area contributed by atoms with Gasteiger partial charge in [-0.25, -0.2) is 9.97 Å². The van der Waals surface area contributed by atoms with Gasteiger partial charge in [-0.1, -0.05) is 29.3 Å². The molecule has 3 rings (SSSR count). The van der Waals surface area contributed by atoms with E-state index in [-0.39, 0.29) is 0 Å². The Morgan fingerprint density at radius 1 is 1.20 bits per heavy atom. The van der Waals surface area contributed by atoms with E-state index in [4.69, 9.17) is 23.2 Å². The average Bonchev–Trinajstić information content (AvgIpc) is 2.43. The highest BCUT2D eigenvalue weighted by molar-refractivity contribution is 6.36. The van der Waals surface area contributed by atoms with Gasteiger partial charge in [0.1, 0.15) is 5.82 Å². The Labute approximate surface area is 128 Å². The van der Waals surface area contributed by atoms with Crippen LogP contribution in [-0.4, -0.2) is 16.5 Å². The SMILES string of the molecule is Cc1nc(Cc2c(Cl)cccc2Cl)nc2c1CNCC2. The summed E-state index contributed by atoms with van der Waals surface area (Å²) in [4.78, 5) is 9.28. The summed E-state index contributed by atoms with van der Waals surface area (Å²) in [6, 6.07) is 5.54. The van der Waals surface area contributed by atoms with Crippen LogP contribution in [0.1, 0.15) is 28.3 Å². The highest BCUT2D eigenvalue weighted by Gasteiger charge is 2.16. The van der Waals surface area contributed by atoms with Crippen molar-refractivity contribution < 1.29 is 0 Å². The topological polar surface area (TPSA) is 37.8 Å². The molecule has 20 heavy (non-hydrogen) atoms. The van der Waals surface area contributed by atoms with Gasteiger partial charge < -0.3 is 5.32 Å². The van der Waals surface area contributed by atoms with Crippen LogP contribution < -0.4 is 5.32 Å². The predicted octanol–water partition coefficient (Wildman–Crippen LogP) is 3.33. The standard InChI is InChI=1S/C15H15Cl2N3/c1-9-11-8-18-6-5-14(11)20-15(19-9)7-10-12(16)3-2-4-13(10)17/h2-4,18H,5-8H2,1H3. The van der Waals surface area contributed by atoms with Crippen LogP contribution in [0.3, 0.4) is 0 Å². The molecule has 2 heterocycles. The van der Waals surface area contributed by atoms with E-state index in [1.807, 2.05) is 25.1 Å². The molecule has 0 spiro atoms. The lowest BCUT2D eigenvalue weighted by atomic mass is 10.0. The fraction of sp³-hybridized carbons (Fsp3) is 0.333. The van der Waals surface area contributed by atoms with Gasteiger partial charge in [0, 0.05) is 47.2 Å². The van der Waals surface area contributed by atoms with Gasteiger partial charge in [-0.2, -0.15) is 0 Å². The molecule has 0 fully saturated rings. The van der Waals surface area contributed by atoms with Crippen LogP contribution in [0.25, 0.3) is 0 Å². The predicted molar refractivity (Wildman–Crippen MR) is 81.4 cm³/mol. The van der Waals surface area contributed by atoms with E-state index in [2.05, 4.69) is 15.3 Å². The second-order valence-corrected chi connectivity index (χ2v) is 5.77. The molecule has 0 radical (unpaired) electrons. The Balaban J connectivity index is 1.97. The van der Waals surface area contributed by atoms with E-state index in [0.717, 1.165) is 42.3 Å². The fourth-order valence-electron chi connectivity index (χ4n) is 2.51. The first-order valence-electron chi connectivity index (χ1n) is 6.64. The van der Waals surface area contributed by atoms with Crippen molar-refractivity contribution in [3.05, 3.63) is 56.6 Å². The third-order valence-electron chi connectivity index (χ3n) is 3.58. The summed E-state index contributed by atoms with van der Waals surface area (Å²) >= 11 is 12.4. The van der Waals surface area contributed by atoms with Crippen molar-refractivity contribution in [2.75, 3.05) is 6.54 Å². The maximum atomic E-state index is 6.21. The van der Waals surface area contributed by atoms with Crippen molar-refractivity contribution in [2.24, 2.45) is 0 Å². The normalized spacial score (nSPS) is 14.2. The summed E-state index contributed by atoms with van der Waals surface area (Å²) in [5.41, 5.74) is 4.31. The van der Waals surface area contributed by atoms with Gasteiger partial charge >= 0.3 is 0 Å². The molecule has 1 aliphatic heterocycles. The summed E-state index contributed by atoms with van der Waals surface area (Å²) in [5, 5.41) is 4.68. The molecule has 1 aromatic carbocycles. The highest BCUT2D eigenvalue weighted by atomic mass is 35.5. The van der Waals surface area contributed by atoms with Crippen molar-refractivity contribution in [1.29, 1.82) is 0 Å². The number of benzene rings is 1. The zero-order chi connectivity index (χ0) is 14.1. The van der Waals surface area contributed by atoms with Crippen molar-refractivity contribution >= 4 is 23.2 Å². The quantitative estimate of drug-likeness (QED) is 0.925. The first-order chi connectivity index (χ1) is 9.65. The number of nitrogens with zero attached hydrogens (tertiary/aromatic N) is 2. The number of aryl methyl sites for hydroxylation is 1. The lowest BCUT2D eigenvalue weighted by Crippen LogP contribution is -2.26. The molecule has 2 aromatic rings. The molecule has 0 aliphatic carbocycles. The maximum Gasteiger partial charge on any atom is 0.133 e. The van der Waals surface area contributed by atoms with Gasteiger partial charge in [0.25, 0.3) is 0 Å². The minimum atomic E-state index is 0.569. The molecule has 0 amide bonds. The molecule has 0 bridgehead atoms. The van der Waals surface area contributed by atoms with Gasteiger partial charge in [-0.05, 0) is 24.6 Å². The number of hydrogen-bond donors (Lipinski definition) is 1. The zero-order valence-corrected chi connectivity index (χ0v) is 12.7. The zero-order valence-electron chi connectivity index (χ0n) is 11.2. The Bertz CT molecular complexity index is 636. The van der Waals surface area contributed by atoms with Gasteiger partial charge in [0.15, 0.2) is 0 Å². The molecule has 0 unspecified atom stereocenters. The smallest absolute Gasteiger partial charge is 0.133 e. The van der Waals surface area contributed by atoms with Crippen LogP contribution in [0, 0.1) is 6.92 Å². The number of hydrogen-bond acceptors (Lipinski definition) is 3. The van der Waals surface area contributed by atoms with Crippen molar-refractivity contribution in [3.8, 4) is 0 Å². The van der Waals surface area contributed by atoms with E-state index in [0.29, 0.717) is 16.5 Å². The van der Waals surface area contributed by atoms with Gasteiger partial charge in [0.2, 0.25) is 0 Å². The lowest BCUT2D eigenvalue weighted by molar-refractivity contribution is 0.615. The highest BCUT2D eigenvalue weighted by Crippen LogP contribution is 2.26. The minimum Gasteiger partial charge on any atom is -0.312 e. The number of halogens is 2. The van der Waals surface area contributed by atoms with E-state index >= 15 is 0 Å². The number of nitrogens with one attached hydrogen (secondary N) is 1. The van der Waals surface area contributed by atoms with Crippen LogP contribution in [0.4, 0.5) is 0 Å². The minimum absolute atomic E-state index is 0.569. The summed E-state index contributed by atoms with van der Waals surface area (Å²) in [6.07, 6.45) is 1.52. The van der Waals surface area contributed by atoms with Gasteiger partial charge in [-0.3, -0.25) is 0 Å². The summed E-state index contributed by atoms with van der Waals surface area (Å²) in [7, 11) is 0. The molecule has 1 aromatic heterocycles. The van der Waals surface area contributed by atoms with Gasteiger partial charge in [-0.15, -0.1) is 0 Å². The Morgan fingerprint density at radius 3 is 2.70 bits per heavy atom. The molecule has 1 N–H and O–H groups in total. The van der Waals surface area contributed by atoms with E-state index in [1.165, 1.54) is 5.56 Å². The maximum absolute atomic E-state index is 6.21. The summed E-state index contributed by atoms with van der Waals surface area (Å²) < 4.78 is 0. The van der Waals surface area contributed by atoms with Crippen LogP contribution in [-0.2, 0) is 19.4 Å². The first-order valence-corrected chi connectivity index (χ1v) is 7.39. The molecule has 1 aliphatic rings. The second kappa shape index (κ2) is 5.68. The molecule has 0 saturated carbocycles. The third-order valence-corrected chi connectivity index (χ3v) is 4.29. The van der Waals surface area contributed by atoms with Crippen LogP contribution in [0.2, 0.25) is 10.0 Å². The van der Waals surface area contributed by atoms with Crippen LogP contribution >= 0.6 is 23.2 Å². The van der Waals surface area contributed by atoms with Crippen LogP contribution in [0.15, 0.2) is 18.2 Å². The lowest BCUT2D eigenvalue weighted by Gasteiger charge is -2.19. The fourth-order valence-corrected chi connectivity index (χ4v) is 3.04. The average molecular weight is 308 g/mol. The molecule has 0 atom stereocenters. The van der Waals surface area contributed by atoms with E-state index in [9.17, 15) is 0 Å². The third kappa shape index (κ3) is 2.66. The molecule has 104 valence electrons. The summed E-state index contributed by atoms with van der Waals surface area (Å²) in [5.74, 6) is 0.790. The Morgan fingerprint density at radius 2 is 1.95 bits per heavy atom. The van der Waals surface area contributed by atoms with Gasteiger partial charge in [0.05, 0.1) is 5.69 Å². The largest absolute Gasteiger partial charge is 0.312 e. The Hall–Kier alpha value is -1.16. The van der Waals surface area contributed by atoms with E-state index in [1.54, 1.807) is 0 Å². The van der Waals surface area contributed by atoms with Crippen LogP contribution in [0.5, 0.6) is 0 Å². The van der Waals surface area contributed by atoms with E-state index < -0.39 is 0 Å². The van der Waals surface area contributed by atoms with Crippen molar-refractivity contribution in [1.82, 2.24) is 15.3 Å². The number of fused-ring (bicyclic) bond motifs is 1. The first kappa shape index (κ1) is 13.8. The molecule has 3 nitrogen and oxygen atoms in total.